The van der Waals surface area contributed by atoms with Gasteiger partial charge in [-0.25, -0.2) is 4.79 Å². The maximum absolute atomic E-state index is 12.3. The summed E-state index contributed by atoms with van der Waals surface area (Å²) in [6.45, 7) is 0.721. The van der Waals surface area contributed by atoms with Gasteiger partial charge in [-0.3, -0.25) is 0 Å². The minimum Gasteiger partial charge on any atom is -0.493 e. The van der Waals surface area contributed by atoms with Crippen molar-refractivity contribution in [2.75, 3.05) is 7.11 Å². The predicted octanol–water partition coefficient (Wildman–Crippen LogP) is 3.56. The van der Waals surface area contributed by atoms with E-state index in [1.54, 1.807) is 0 Å². The number of carbonyl (C=O) groups is 1. The van der Waals surface area contributed by atoms with Gasteiger partial charge in [0.1, 0.15) is 0 Å². The van der Waals surface area contributed by atoms with Gasteiger partial charge < -0.3 is 18.7 Å². The molecule has 0 spiro atoms. The lowest BCUT2D eigenvalue weighted by Gasteiger charge is -2.10. The minimum atomic E-state index is -2.96. The third kappa shape index (κ3) is 5.54. The number of carbonyl (C=O) groups excluding carboxylic acids is 1. The number of nitrogens with zero attached hydrogens (tertiary/aromatic N) is 2. The van der Waals surface area contributed by atoms with Gasteiger partial charge in [-0.05, 0) is 23.8 Å². The first-order valence-corrected chi connectivity index (χ1v) is 7.69. The molecule has 1 aromatic carbocycles. The molecule has 0 radical (unpaired) electrons. The molecular weight excluding hydrogens is 350 g/mol. The second kappa shape index (κ2) is 8.93. The zero-order valence-corrected chi connectivity index (χ0v) is 14.4. The zero-order valence-electron chi connectivity index (χ0n) is 14.4. The second-order valence-corrected chi connectivity index (χ2v) is 5.43. The van der Waals surface area contributed by atoms with Crippen LogP contribution in [0.25, 0.3) is 6.08 Å². The van der Waals surface area contributed by atoms with E-state index < -0.39 is 12.6 Å². The molecule has 1 heterocycles. The van der Waals surface area contributed by atoms with Gasteiger partial charge in [0.15, 0.2) is 23.9 Å². The van der Waals surface area contributed by atoms with Crippen LogP contribution in [0.2, 0.25) is 0 Å². The Balaban J connectivity index is 1.94. The Morgan fingerprint density at radius 3 is 2.69 bits per heavy atom. The third-order valence-electron chi connectivity index (χ3n) is 3.15. The fraction of sp³-hybridized carbons (Fsp3) is 0.353. The summed E-state index contributed by atoms with van der Waals surface area (Å²) in [6, 6.07) is 4.27. The van der Waals surface area contributed by atoms with E-state index >= 15 is 0 Å². The molecular formula is C17H18F2N2O5. The molecule has 9 heteroatoms. The Labute approximate surface area is 148 Å². The van der Waals surface area contributed by atoms with Gasteiger partial charge in [-0.15, -0.1) is 0 Å². The van der Waals surface area contributed by atoms with Crippen LogP contribution < -0.4 is 9.47 Å². The summed E-state index contributed by atoms with van der Waals surface area (Å²) in [6.07, 6.45) is 2.63. The molecule has 0 saturated carbocycles. The average Bonchev–Trinajstić information content (AvgIpc) is 3.08. The van der Waals surface area contributed by atoms with Gasteiger partial charge in [-0.2, -0.15) is 13.8 Å². The van der Waals surface area contributed by atoms with Crippen molar-refractivity contribution in [2.45, 2.75) is 33.0 Å². The molecule has 0 fully saturated rings. The molecule has 0 N–H and O–H groups in total. The number of rotatable bonds is 8. The van der Waals surface area contributed by atoms with Crippen molar-refractivity contribution in [1.29, 1.82) is 0 Å². The minimum absolute atomic E-state index is 0.0976. The molecule has 0 saturated heterocycles. The summed E-state index contributed by atoms with van der Waals surface area (Å²) in [5, 5.41) is 3.76. The van der Waals surface area contributed by atoms with Crippen LogP contribution in [0.5, 0.6) is 11.5 Å². The molecule has 2 aromatic rings. The lowest BCUT2D eigenvalue weighted by atomic mass is 10.2. The van der Waals surface area contributed by atoms with E-state index in [1.807, 2.05) is 13.8 Å². The van der Waals surface area contributed by atoms with Crippen LogP contribution in [-0.2, 0) is 16.1 Å². The number of esters is 1. The van der Waals surface area contributed by atoms with Gasteiger partial charge in [0.25, 0.3) is 5.89 Å². The van der Waals surface area contributed by atoms with E-state index in [9.17, 15) is 13.6 Å². The van der Waals surface area contributed by atoms with Crippen LogP contribution in [0, 0.1) is 0 Å². The Morgan fingerprint density at radius 2 is 2.08 bits per heavy atom. The van der Waals surface area contributed by atoms with E-state index in [0.717, 1.165) is 0 Å². The van der Waals surface area contributed by atoms with Crippen LogP contribution in [0.4, 0.5) is 8.78 Å². The molecule has 140 valence electrons. The highest BCUT2D eigenvalue weighted by atomic mass is 19.3. The Kier molecular flexibility index (Phi) is 6.65. The summed E-state index contributed by atoms with van der Waals surface area (Å²) in [4.78, 5) is 15.8. The topological polar surface area (TPSA) is 83.7 Å². The Bertz CT molecular complexity index is 774. The number of halogens is 2. The number of benzene rings is 1. The normalized spacial score (nSPS) is 11.3. The largest absolute Gasteiger partial charge is 0.493 e. The first-order chi connectivity index (χ1) is 12.4. The monoisotopic (exact) mass is 368 g/mol. The molecule has 26 heavy (non-hydrogen) atoms. The predicted molar refractivity (Wildman–Crippen MR) is 86.8 cm³/mol. The number of hydrogen-bond donors (Lipinski definition) is 0. The van der Waals surface area contributed by atoms with Gasteiger partial charge in [0.05, 0.1) is 7.11 Å². The maximum atomic E-state index is 12.3. The summed E-state index contributed by atoms with van der Waals surface area (Å²) < 4.78 is 43.9. The number of methoxy groups -OCH3 is 1. The van der Waals surface area contributed by atoms with Crippen LogP contribution in [0.15, 0.2) is 28.8 Å². The van der Waals surface area contributed by atoms with Gasteiger partial charge in [0.2, 0.25) is 0 Å². The maximum Gasteiger partial charge on any atom is 0.387 e. The number of hydrogen-bond acceptors (Lipinski definition) is 7. The molecule has 0 bridgehead atoms. The van der Waals surface area contributed by atoms with Crippen LogP contribution >= 0.6 is 0 Å². The van der Waals surface area contributed by atoms with Crippen LogP contribution in [0.1, 0.15) is 37.0 Å². The number of alkyl halides is 2. The summed E-state index contributed by atoms with van der Waals surface area (Å²) >= 11 is 0. The lowest BCUT2D eigenvalue weighted by Crippen LogP contribution is -2.03. The van der Waals surface area contributed by atoms with Crippen molar-refractivity contribution in [3.63, 3.8) is 0 Å². The van der Waals surface area contributed by atoms with Gasteiger partial charge >= 0.3 is 12.6 Å². The van der Waals surface area contributed by atoms with E-state index in [1.165, 1.54) is 37.5 Å². The van der Waals surface area contributed by atoms with Crippen molar-refractivity contribution in [3.05, 3.63) is 41.6 Å². The van der Waals surface area contributed by atoms with Crippen LogP contribution in [0.3, 0.4) is 0 Å². The molecule has 0 atom stereocenters. The lowest BCUT2D eigenvalue weighted by molar-refractivity contribution is -0.139. The molecule has 2 rings (SSSR count). The standard InChI is InChI=1S/C17H18F2N2O5/c1-10(2)16-20-14(26-21-16)9-24-15(22)7-5-11-4-6-12(25-17(18)19)13(8-11)23-3/h4-8,10,17H,9H2,1-3H3/b7-5+. The number of ether oxygens (including phenoxy) is 3. The average molecular weight is 368 g/mol. The Morgan fingerprint density at radius 1 is 1.31 bits per heavy atom. The summed E-state index contributed by atoms with van der Waals surface area (Å²) in [7, 11) is 1.32. The van der Waals surface area contributed by atoms with E-state index in [0.29, 0.717) is 11.4 Å². The fourth-order valence-electron chi connectivity index (χ4n) is 1.89. The summed E-state index contributed by atoms with van der Waals surface area (Å²) in [5.41, 5.74) is 0.542. The summed E-state index contributed by atoms with van der Waals surface area (Å²) in [5.74, 6) is 0.235. The van der Waals surface area contributed by atoms with E-state index in [4.69, 9.17) is 14.0 Å². The Hall–Kier alpha value is -2.97. The van der Waals surface area contributed by atoms with Crippen molar-refractivity contribution in [3.8, 4) is 11.5 Å². The number of aromatic nitrogens is 2. The van der Waals surface area contributed by atoms with Gasteiger partial charge in [0, 0.05) is 12.0 Å². The van der Waals surface area contributed by atoms with E-state index in [2.05, 4.69) is 14.9 Å². The third-order valence-corrected chi connectivity index (χ3v) is 3.15. The highest BCUT2D eigenvalue weighted by molar-refractivity contribution is 5.87. The highest BCUT2D eigenvalue weighted by Gasteiger charge is 2.12. The van der Waals surface area contributed by atoms with Crippen molar-refractivity contribution < 1.29 is 32.3 Å². The molecule has 7 nitrogen and oxygen atoms in total. The quantitative estimate of drug-likeness (QED) is 0.520. The van der Waals surface area contributed by atoms with Crippen molar-refractivity contribution >= 4 is 12.0 Å². The van der Waals surface area contributed by atoms with E-state index in [-0.39, 0.29) is 29.9 Å². The highest BCUT2D eigenvalue weighted by Crippen LogP contribution is 2.29. The smallest absolute Gasteiger partial charge is 0.387 e. The van der Waals surface area contributed by atoms with Crippen LogP contribution in [-0.4, -0.2) is 29.8 Å². The van der Waals surface area contributed by atoms with Crippen molar-refractivity contribution in [2.24, 2.45) is 0 Å². The molecule has 0 aliphatic heterocycles. The molecule has 0 aliphatic carbocycles. The SMILES string of the molecule is COc1cc(/C=C/C(=O)OCc2nc(C(C)C)no2)ccc1OC(F)F. The van der Waals surface area contributed by atoms with Crippen molar-refractivity contribution in [1.82, 2.24) is 10.1 Å². The molecule has 0 aliphatic rings. The fourth-order valence-corrected chi connectivity index (χ4v) is 1.89. The first kappa shape index (κ1) is 19.4. The second-order valence-electron chi connectivity index (χ2n) is 5.43. The first-order valence-electron chi connectivity index (χ1n) is 7.69. The molecule has 0 unspecified atom stereocenters. The molecule has 1 aromatic heterocycles. The molecule has 0 amide bonds. The zero-order chi connectivity index (χ0) is 19.1. The van der Waals surface area contributed by atoms with Gasteiger partial charge in [-0.1, -0.05) is 25.1 Å².